The number of fused-ring (bicyclic) bond motifs is 1. The highest BCUT2D eigenvalue weighted by Crippen LogP contribution is 2.32. The summed E-state index contributed by atoms with van der Waals surface area (Å²) in [4.78, 5) is 39.7. The molecule has 0 radical (unpaired) electrons. The van der Waals surface area contributed by atoms with Gasteiger partial charge < -0.3 is 4.74 Å². The summed E-state index contributed by atoms with van der Waals surface area (Å²) in [5.41, 5.74) is 0.397. The number of benzene rings is 1. The van der Waals surface area contributed by atoms with Gasteiger partial charge in [0.15, 0.2) is 11.6 Å². The molecule has 0 bridgehead atoms. The Morgan fingerprint density at radius 3 is 2.50 bits per heavy atom. The molecule has 1 aliphatic rings. The van der Waals surface area contributed by atoms with Gasteiger partial charge in [-0.05, 0) is 58.2 Å². The lowest BCUT2D eigenvalue weighted by Gasteiger charge is -2.31. The summed E-state index contributed by atoms with van der Waals surface area (Å²) in [6.45, 7) is 10.8. The first-order chi connectivity index (χ1) is 13.9. The minimum absolute atomic E-state index is 0.0190. The van der Waals surface area contributed by atoms with E-state index in [1.165, 1.54) is 6.92 Å². The fraction of sp³-hybridized carbons (Fsp3) is 0.545. The van der Waals surface area contributed by atoms with E-state index in [9.17, 15) is 14.4 Å². The molecular formula is C22H28BrN3O4. The Labute approximate surface area is 184 Å². The standard InChI is InChI=1S/C22H28BrN3O4/c1-12-9-18(26(13(12)2)21(29)30-22(4,5)6)19(28)11-25-17-8-7-15(23)10-16(17)20(24-25)14(3)27/h7-8,10,12-13,18H,9,11H2,1-6H3/t12-,13-,18+/m1/s1. The Hall–Kier alpha value is -2.22. The Morgan fingerprint density at radius 2 is 1.90 bits per heavy atom. The van der Waals surface area contributed by atoms with Crippen LogP contribution in [0.3, 0.4) is 0 Å². The van der Waals surface area contributed by atoms with E-state index >= 15 is 0 Å². The van der Waals surface area contributed by atoms with Crippen molar-refractivity contribution in [2.75, 3.05) is 0 Å². The summed E-state index contributed by atoms with van der Waals surface area (Å²) in [5.74, 6) is -0.119. The number of nitrogens with zero attached hydrogens (tertiary/aromatic N) is 3. The maximum atomic E-state index is 13.3. The first-order valence-electron chi connectivity index (χ1n) is 10.1. The summed E-state index contributed by atoms with van der Waals surface area (Å²) >= 11 is 3.42. The van der Waals surface area contributed by atoms with Gasteiger partial charge in [-0.1, -0.05) is 22.9 Å². The van der Waals surface area contributed by atoms with E-state index < -0.39 is 17.7 Å². The van der Waals surface area contributed by atoms with Gasteiger partial charge in [0.2, 0.25) is 0 Å². The molecule has 0 N–H and O–H groups in total. The average molecular weight is 478 g/mol. The molecule has 8 heteroatoms. The molecule has 0 aliphatic carbocycles. The van der Waals surface area contributed by atoms with Gasteiger partial charge in [-0.2, -0.15) is 5.10 Å². The maximum Gasteiger partial charge on any atom is 0.411 e. The number of halogens is 1. The van der Waals surface area contributed by atoms with Crippen LogP contribution in [0.5, 0.6) is 0 Å². The molecule has 0 saturated carbocycles. The molecule has 1 aromatic heterocycles. The smallest absolute Gasteiger partial charge is 0.411 e. The van der Waals surface area contributed by atoms with Crippen molar-refractivity contribution in [3.05, 3.63) is 28.4 Å². The quantitative estimate of drug-likeness (QED) is 0.600. The molecule has 3 rings (SSSR count). The summed E-state index contributed by atoms with van der Waals surface area (Å²) in [6, 6.07) is 4.82. The van der Waals surface area contributed by atoms with Crippen molar-refractivity contribution in [1.82, 2.24) is 14.7 Å². The fourth-order valence-corrected chi connectivity index (χ4v) is 4.26. The number of likely N-dealkylation sites (tertiary alicyclic amines) is 1. The molecule has 2 aromatic rings. The number of rotatable bonds is 4. The van der Waals surface area contributed by atoms with Gasteiger partial charge in [-0.3, -0.25) is 19.2 Å². The lowest BCUT2D eigenvalue weighted by molar-refractivity contribution is -0.124. The average Bonchev–Trinajstić information content (AvgIpc) is 3.11. The van der Waals surface area contributed by atoms with Gasteiger partial charge in [0.25, 0.3) is 0 Å². The molecule has 0 spiro atoms. The van der Waals surface area contributed by atoms with Crippen molar-refractivity contribution in [3.63, 3.8) is 0 Å². The van der Waals surface area contributed by atoms with Crippen LogP contribution in [-0.2, 0) is 16.1 Å². The largest absolute Gasteiger partial charge is 0.444 e. The normalized spacial score (nSPS) is 21.8. The molecule has 3 atom stereocenters. The number of hydrogen-bond acceptors (Lipinski definition) is 5. The van der Waals surface area contributed by atoms with Gasteiger partial charge in [-0.15, -0.1) is 0 Å². The van der Waals surface area contributed by atoms with Crippen LogP contribution in [0.1, 0.15) is 58.5 Å². The molecule has 30 heavy (non-hydrogen) atoms. The van der Waals surface area contributed by atoms with Crippen molar-refractivity contribution >= 4 is 44.5 Å². The minimum Gasteiger partial charge on any atom is -0.444 e. The monoisotopic (exact) mass is 477 g/mol. The maximum absolute atomic E-state index is 13.3. The second kappa shape index (κ2) is 8.13. The number of ether oxygens (including phenoxy) is 1. The fourth-order valence-electron chi connectivity index (χ4n) is 3.90. The lowest BCUT2D eigenvalue weighted by atomic mass is 10.0. The van der Waals surface area contributed by atoms with Gasteiger partial charge in [0, 0.05) is 22.8 Å². The molecule has 1 aromatic carbocycles. The van der Waals surface area contributed by atoms with Crippen molar-refractivity contribution in [1.29, 1.82) is 0 Å². The highest BCUT2D eigenvalue weighted by Gasteiger charge is 2.44. The second-order valence-corrected chi connectivity index (χ2v) is 9.96. The van der Waals surface area contributed by atoms with Crippen LogP contribution in [0, 0.1) is 5.92 Å². The van der Waals surface area contributed by atoms with Crippen LogP contribution in [0.25, 0.3) is 10.9 Å². The highest BCUT2D eigenvalue weighted by molar-refractivity contribution is 9.10. The predicted octanol–water partition coefficient (Wildman–Crippen LogP) is 4.60. The van der Waals surface area contributed by atoms with Gasteiger partial charge >= 0.3 is 6.09 Å². The number of carbonyl (C=O) groups is 3. The summed E-state index contributed by atoms with van der Waals surface area (Å²) in [6.07, 6.45) is 0.0974. The first-order valence-corrected chi connectivity index (χ1v) is 10.9. The van der Waals surface area contributed by atoms with E-state index in [2.05, 4.69) is 21.0 Å². The zero-order valence-electron chi connectivity index (χ0n) is 18.2. The van der Waals surface area contributed by atoms with Crippen LogP contribution in [0.2, 0.25) is 0 Å². The highest BCUT2D eigenvalue weighted by atomic mass is 79.9. The van der Waals surface area contributed by atoms with Crippen LogP contribution in [0.15, 0.2) is 22.7 Å². The van der Waals surface area contributed by atoms with Crippen LogP contribution >= 0.6 is 15.9 Å². The Balaban J connectivity index is 1.91. The molecule has 1 amide bonds. The molecule has 2 heterocycles. The molecule has 1 aliphatic heterocycles. The lowest BCUT2D eigenvalue weighted by Crippen LogP contribution is -2.47. The Kier molecular flexibility index (Phi) is 6.09. The molecule has 7 nitrogen and oxygen atoms in total. The van der Waals surface area contributed by atoms with E-state index in [0.717, 1.165) is 4.47 Å². The first kappa shape index (κ1) is 22.5. The van der Waals surface area contributed by atoms with E-state index in [0.29, 0.717) is 23.0 Å². The van der Waals surface area contributed by atoms with E-state index in [1.807, 2.05) is 52.8 Å². The topological polar surface area (TPSA) is 81.5 Å². The van der Waals surface area contributed by atoms with Crippen LogP contribution in [-0.4, -0.2) is 50.0 Å². The van der Waals surface area contributed by atoms with E-state index in [1.54, 1.807) is 9.58 Å². The summed E-state index contributed by atoms with van der Waals surface area (Å²) < 4.78 is 7.94. The number of amides is 1. The van der Waals surface area contributed by atoms with E-state index in [4.69, 9.17) is 4.74 Å². The van der Waals surface area contributed by atoms with Crippen LogP contribution in [0.4, 0.5) is 4.79 Å². The van der Waals surface area contributed by atoms with E-state index in [-0.39, 0.29) is 30.1 Å². The van der Waals surface area contributed by atoms with Crippen molar-refractivity contribution in [3.8, 4) is 0 Å². The van der Waals surface area contributed by atoms with Gasteiger partial charge in [0.1, 0.15) is 17.8 Å². The SMILES string of the molecule is CC(=O)c1nn(CC(=O)[C@@H]2C[C@@H](C)[C@@H](C)N2C(=O)OC(C)(C)C)c2ccc(Br)cc12. The number of Topliss-reactive ketones (excluding diaryl/α,β-unsaturated/α-hetero) is 2. The van der Waals surface area contributed by atoms with Crippen LogP contribution < -0.4 is 0 Å². The van der Waals surface area contributed by atoms with Crippen molar-refractivity contribution in [2.24, 2.45) is 5.92 Å². The number of aromatic nitrogens is 2. The zero-order chi connectivity index (χ0) is 22.4. The zero-order valence-corrected chi connectivity index (χ0v) is 19.8. The third kappa shape index (κ3) is 4.43. The number of carbonyl (C=O) groups excluding carboxylic acids is 3. The number of hydrogen-bond donors (Lipinski definition) is 0. The molecule has 162 valence electrons. The van der Waals surface area contributed by atoms with Crippen molar-refractivity contribution < 1.29 is 19.1 Å². The molecule has 0 unspecified atom stereocenters. The van der Waals surface area contributed by atoms with Gasteiger partial charge in [0.05, 0.1) is 11.6 Å². The molecule has 1 fully saturated rings. The summed E-state index contributed by atoms with van der Waals surface area (Å²) in [7, 11) is 0. The Bertz CT molecular complexity index is 1010. The minimum atomic E-state index is -0.641. The predicted molar refractivity (Wildman–Crippen MR) is 118 cm³/mol. The number of ketones is 2. The third-order valence-corrected chi connectivity index (χ3v) is 6.01. The third-order valence-electron chi connectivity index (χ3n) is 5.52. The molecular weight excluding hydrogens is 450 g/mol. The van der Waals surface area contributed by atoms with Gasteiger partial charge in [-0.25, -0.2) is 4.79 Å². The summed E-state index contributed by atoms with van der Waals surface area (Å²) in [5, 5.41) is 5.10. The second-order valence-electron chi connectivity index (χ2n) is 9.05. The van der Waals surface area contributed by atoms with Crippen molar-refractivity contribution in [2.45, 2.75) is 72.2 Å². The Morgan fingerprint density at radius 1 is 1.23 bits per heavy atom. The molecule has 1 saturated heterocycles.